The van der Waals surface area contributed by atoms with Crippen LogP contribution in [0.5, 0.6) is 0 Å². The molecular formula is C12H6BrNO2. The fourth-order valence-electron chi connectivity index (χ4n) is 1.93. The largest absolute Gasteiger partial charge is 0.351 e. The molecule has 4 heteroatoms. The SMILES string of the molecule is O=C1C=C(Br)C(=O)c2c1[nH]c1ccccc21. The Morgan fingerprint density at radius 3 is 2.69 bits per heavy atom. The third-order valence-corrected chi connectivity index (χ3v) is 3.24. The van der Waals surface area contributed by atoms with Crippen LogP contribution in [0.15, 0.2) is 34.8 Å². The van der Waals surface area contributed by atoms with Crippen molar-refractivity contribution in [1.29, 1.82) is 0 Å². The Kier molecular flexibility index (Phi) is 1.88. The van der Waals surface area contributed by atoms with Gasteiger partial charge in [-0.3, -0.25) is 9.59 Å². The van der Waals surface area contributed by atoms with Crippen molar-refractivity contribution in [2.45, 2.75) is 0 Å². The number of para-hydroxylation sites is 1. The highest BCUT2D eigenvalue weighted by molar-refractivity contribution is 9.12. The molecule has 0 unspecified atom stereocenters. The van der Waals surface area contributed by atoms with Crippen LogP contribution >= 0.6 is 15.9 Å². The molecule has 2 aromatic rings. The minimum Gasteiger partial charge on any atom is -0.351 e. The molecule has 1 aromatic heterocycles. The van der Waals surface area contributed by atoms with Crippen molar-refractivity contribution < 1.29 is 9.59 Å². The number of hydrogen-bond acceptors (Lipinski definition) is 2. The number of Topliss-reactive ketones (excluding diaryl/α,β-unsaturated/α-hetero) is 1. The molecule has 0 radical (unpaired) electrons. The summed E-state index contributed by atoms with van der Waals surface area (Å²) in [4.78, 5) is 26.7. The predicted molar refractivity (Wildman–Crippen MR) is 64.0 cm³/mol. The number of hydrogen-bond donors (Lipinski definition) is 1. The summed E-state index contributed by atoms with van der Waals surface area (Å²) >= 11 is 3.11. The topological polar surface area (TPSA) is 49.9 Å². The van der Waals surface area contributed by atoms with Gasteiger partial charge in [0.1, 0.15) is 0 Å². The summed E-state index contributed by atoms with van der Waals surface area (Å²) in [6.45, 7) is 0. The van der Waals surface area contributed by atoms with Gasteiger partial charge in [-0.1, -0.05) is 18.2 Å². The second-order valence-corrected chi connectivity index (χ2v) is 4.46. The molecule has 0 spiro atoms. The molecule has 1 N–H and O–H groups in total. The lowest BCUT2D eigenvalue weighted by Crippen LogP contribution is -2.13. The first-order valence-electron chi connectivity index (χ1n) is 4.75. The number of aromatic amines is 1. The Bertz CT molecular complexity index is 667. The highest BCUT2D eigenvalue weighted by atomic mass is 79.9. The molecule has 0 atom stereocenters. The van der Waals surface area contributed by atoms with Crippen molar-refractivity contribution in [3.05, 3.63) is 46.1 Å². The smallest absolute Gasteiger partial charge is 0.204 e. The highest BCUT2D eigenvalue weighted by Crippen LogP contribution is 2.30. The number of fused-ring (bicyclic) bond motifs is 3. The van der Waals surface area contributed by atoms with Crippen LogP contribution in [0.3, 0.4) is 0 Å². The number of rotatable bonds is 0. The Balaban J connectivity index is 2.44. The van der Waals surface area contributed by atoms with E-state index >= 15 is 0 Å². The molecule has 78 valence electrons. The first kappa shape index (κ1) is 9.54. The Hall–Kier alpha value is -1.68. The molecule has 16 heavy (non-hydrogen) atoms. The summed E-state index contributed by atoms with van der Waals surface area (Å²) in [5, 5.41) is 0.793. The number of ketones is 2. The molecule has 1 aromatic carbocycles. The number of aromatic nitrogens is 1. The van der Waals surface area contributed by atoms with E-state index in [9.17, 15) is 9.59 Å². The number of carbonyl (C=O) groups is 2. The van der Waals surface area contributed by atoms with Crippen LogP contribution in [0.25, 0.3) is 10.9 Å². The van der Waals surface area contributed by atoms with Crippen molar-refractivity contribution >= 4 is 38.4 Å². The van der Waals surface area contributed by atoms with Crippen molar-refractivity contribution in [3.63, 3.8) is 0 Å². The lowest BCUT2D eigenvalue weighted by molar-refractivity contribution is 0.0990. The van der Waals surface area contributed by atoms with E-state index in [2.05, 4.69) is 20.9 Å². The van der Waals surface area contributed by atoms with Gasteiger partial charge < -0.3 is 4.98 Å². The third kappa shape index (κ3) is 1.13. The Morgan fingerprint density at radius 2 is 1.88 bits per heavy atom. The molecule has 0 fully saturated rings. The number of halogens is 1. The lowest BCUT2D eigenvalue weighted by Gasteiger charge is -2.06. The molecule has 1 aliphatic carbocycles. The summed E-state index contributed by atoms with van der Waals surface area (Å²) in [6, 6.07) is 7.39. The normalized spacial score (nSPS) is 15.2. The van der Waals surface area contributed by atoms with Crippen LogP contribution < -0.4 is 0 Å². The van der Waals surface area contributed by atoms with Gasteiger partial charge in [0.05, 0.1) is 15.7 Å². The summed E-state index contributed by atoms with van der Waals surface area (Å²) < 4.78 is 0.315. The number of allylic oxidation sites excluding steroid dienone is 2. The number of carbonyl (C=O) groups excluding carboxylic acids is 2. The Labute approximate surface area is 99.3 Å². The molecule has 1 heterocycles. The van der Waals surface area contributed by atoms with E-state index < -0.39 is 0 Å². The van der Waals surface area contributed by atoms with E-state index in [0.717, 1.165) is 10.9 Å². The van der Waals surface area contributed by atoms with E-state index in [1.54, 1.807) is 0 Å². The molecule has 1 aliphatic rings. The van der Waals surface area contributed by atoms with Gasteiger partial charge in [-0.15, -0.1) is 0 Å². The quantitative estimate of drug-likeness (QED) is 0.804. The summed E-state index contributed by atoms with van der Waals surface area (Å²) in [7, 11) is 0. The zero-order valence-corrected chi connectivity index (χ0v) is 9.67. The van der Waals surface area contributed by atoms with Gasteiger partial charge in [0.2, 0.25) is 11.6 Å². The van der Waals surface area contributed by atoms with Gasteiger partial charge >= 0.3 is 0 Å². The minimum atomic E-state index is -0.169. The van der Waals surface area contributed by atoms with E-state index in [-0.39, 0.29) is 11.6 Å². The third-order valence-electron chi connectivity index (χ3n) is 2.65. The minimum absolute atomic E-state index is 0.146. The monoisotopic (exact) mass is 275 g/mol. The number of H-pyrrole nitrogens is 1. The van der Waals surface area contributed by atoms with Crippen molar-refractivity contribution in [3.8, 4) is 0 Å². The van der Waals surface area contributed by atoms with Crippen molar-refractivity contribution in [2.24, 2.45) is 0 Å². The van der Waals surface area contributed by atoms with Crippen molar-refractivity contribution in [2.75, 3.05) is 0 Å². The molecule has 0 bridgehead atoms. The molecule has 0 saturated heterocycles. The van der Waals surface area contributed by atoms with E-state index in [4.69, 9.17) is 0 Å². The maximum Gasteiger partial charge on any atom is 0.204 e. The zero-order valence-electron chi connectivity index (χ0n) is 8.08. The molecule has 0 aliphatic heterocycles. The zero-order chi connectivity index (χ0) is 11.3. The molecule has 0 saturated carbocycles. The van der Waals surface area contributed by atoms with Crippen LogP contribution in [-0.2, 0) is 0 Å². The first-order chi connectivity index (χ1) is 7.68. The van der Waals surface area contributed by atoms with E-state index in [1.165, 1.54) is 6.08 Å². The van der Waals surface area contributed by atoms with Crippen molar-refractivity contribution in [1.82, 2.24) is 4.98 Å². The average molecular weight is 276 g/mol. The predicted octanol–water partition coefficient (Wildman–Crippen LogP) is 2.83. The van der Waals surface area contributed by atoms with E-state index in [1.807, 2.05) is 24.3 Å². The Morgan fingerprint density at radius 1 is 1.12 bits per heavy atom. The fraction of sp³-hybridized carbons (Fsp3) is 0. The van der Waals surface area contributed by atoms with Gasteiger partial charge in [-0.2, -0.15) is 0 Å². The number of nitrogens with one attached hydrogen (secondary N) is 1. The molecule has 3 nitrogen and oxygen atoms in total. The van der Waals surface area contributed by atoms with Gasteiger partial charge in [0, 0.05) is 17.0 Å². The maximum absolute atomic E-state index is 11.9. The molecular weight excluding hydrogens is 270 g/mol. The molecule has 3 rings (SSSR count). The van der Waals surface area contributed by atoms with Gasteiger partial charge in [-0.25, -0.2) is 0 Å². The van der Waals surface area contributed by atoms with Gasteiger partial charge in [0.25, 0.3) is 0 Å². The summed E-state index contributed by atoms with van der Waals surface area (Å²) in [6.07, 6.45) is 1.31. The number of benzene rings is 1. The van der Waals surface area contributed by atoms with Crippen LogP contribution in [0.4, 0.5) is 0 Å². The second-order valence-electron chi connectivity index (χ2n) is 3.61. The fourth-order valence-corrected chi connectivity index (χ4v) is 2.34. The van der Waals surface area contributed by atoms with Crippen LogP contribution in [0, 0.1) is 0 Å². The van der Waals surface area contributed by atoms with Gasteiger partial charge in [0.15, 0.2) is 0 Å². The van der Waals surface area contributed by atoms with Gasteiger partial charge in [-0.05, 0) is 22.0 Å². The van der Waals surface area contributed by atoms with Crippen LogP contribution in [-0.4, -0.2) is 16.6 Å². The summed E-state index contributed by atoms with van der Waals surface area (Å²) in [5.41, 5.74) is 1.66. The molecule has 0 amide bonds. The van der Waals surface area contributed by atoms with E-state index in [0.29, 0.717) is 15.7 Å². The van der Waals surface area contributed by atoms with Crippen LogP contribution in [0.1, 0.15) is 20.8 Å². The highest BCUT2D eigenvalue weighted by Gasteiger charge is 2.28. The second kappa shape index (κ2) is 3.15. The first-order valence-corrected chi connectivity index (χ1v) is 5.54. The maximum atomic E-state index is 11.9. The summed E-state index contributed by atoms with van der Waals surface area (Å²) in [5.74, 6) is -0.315. The van der Waals surface area contributed by atoms with Crippen LogP contribution in [0.2, 0.25) is 0 Å². The average Bonchev–Trinajstić information content (AvgIpc) is 2.66. The lowest BCUT2D eigenvalue weighted by atomic mass is 9.99. The standard InChI is InChI=1S/C12H6BrNO2/c13-7-5-9(15)11-10(12(7)16)6-3-1-2-4-8(6)14-11/h1-5,14H.